The Hall–Kier alpha value is -3.32. The van der Waals surface area contributed by atoms with E-state index in [4.69, 9.17) is 5.10 Å². The first-order valence-electron chi connectivity index (χ1n) is 10.5. The van der Waals surface area contributed by atoms with E-state index in [1.54, 1.807) is 22.2 Å². The Labute approximate surface area is 183 Å². The molecule has 3 heterocycles. The first kappa shape index (κ1) is 18.4. The van der Waals surface area contributed by atoms with Crippen molar-refractivity contribution in [1.82, 2.24) is 14.8 Å². The standard InChI is InChI=1S/C24H20N4O2S/c29-23-20-15-8-9-16(11-10-15)21(20)24(30)28(23)25-13-17-14-27(18-5-2-1-3-6-18)26-22(17)19-7-4-12-31-19/h1-9,12-16,20-21H,10-11H2/b25-13-/t15-,16-,20+,21+/m1/s1. The van der Waals surface area contributed by atoms with Crippen LogP contribution in [0.15, 0.2) is 71.3 Å². The van der Waals surface area contributed by atoms with Crippen LogP contribution in [0.25, 0.3) is 16.3 Å². The Kier molecular flexibility index (Phi) is 4.24. The molecule has 3 aliphatic carbocycles. The minimum Gasteiger partial charge on any atom is -0.272 e. The highest BCUT2D eigenvalue weighted by molar-refractivity contribution is 7.13. The van der Waals surface area contributed by atoms with Gasteiger partial charge in [0.1, 0.15) is 5.69 Å². The molecular weight excluding hydrogens is 408 g/mol. The van der Waals surface area contributed by atoms with E-state index in [1.165, 1.54) is 0 Å². The molecule has 4 atom stereocenters. The number of hydrogen-bond donors (Lipinski definition) is 0. The van der Waals surface area contributed by atoms with Gasteiger partial charge < -0.3 is 0 Å². The summed E-state index contributed by atoms with van der Waals surface area (Å²) in [5.74, 6) is -0.519. The molecule has 7 rings (SSSR count). The number of para-hydroxylation sites is 1. The Morgan fingerprint density at radius 3 is 2.29 bits per heavy atom. The van der Waals surface area contributed by atoms with Crippen LogP contribution < -0.4 is 0 Å². The molecule has 2 bridgehead atoms. The van der Waals surface area contributed by atoms with Crippen molar-refractivity contribution < 1.29 is 9.59 Å². The maximum atomic E-state index is 13.0. The van der Waals surface area contributed by atoms with Gasteiger partial charge in [-0.3, -0.25) is 9.59 Å². The minimum atomic E-state index is -0.253. The van der Waals surface area contributed by atoms with Crippen LogP contribution in [0.2, 0.25) is 0 Å². The van der Waals surface area contributed by atoms with E-state index in [0.29, 0.717) is 0 Å². The summed E-state index contributed by atoms with van der Waals surface area (Å²) in [5.41, 5.74) is 2.48. The van der Waals surface area contributed by atoms with Gasteiger partial charge in [0.25, 0.3) is 11.8 Å². The molecule has 1 aromatic carbocycles. The molecule has 2 fully saturated rings. The highest BCUT2D eigenvalue weighted by Crippen LogP contribution is 2.49. The van der Waals surface area contributed by atoms with E-state index in [2.05, 4.69) is 17.3 Å². The normalized spacial score (nSPS) is 26.9. The van der Waals surface area contributed by atoms with Gasteiger partial charge in [-0.25, -0.2) is 4.68 Å². The first-order chi connectivity index (χ1) is 15.2. The molecule has 2 amide bonds. The highest BCUT2D eigenvalue weighted by atomic mass is 32.1. The molecule has 154 valence electrons. The Morgan fingerprint density at radius 1 is 0.968 bits per heavy atom. The zero-order valence-electron chi connectivity index (χ0n) is 16.7. The largest absolute Gasteiger partial charge is 0.272 e. The fourth-order valence-electron chi connectivity index (χ4n) is 5.09. The van der Waals surface area contributed by atoms with E-state index in [1.807, 2.05) is 54.0 Å². The lowest BCUT2D eigenvalue weighted by Gasteiger charge is -2.37. The quantitative estimate of drug-likeness (QED) is 0.356. The van der Waals surface area contributed by atoms with Crippen molar-refractivity contribution in [2.24, 2.45) is 28.8 Å². The Bertz CT molecular complexity index is 1180. The lowest BCUT2D eigenvalue weighted by Crippen LogP contribution is -2.38. The Morgan fingerprint density at radius 2 is 1.68 bits per heavy atom. The van der Waals surface area contributed by atoms with Gasteiger partial charge in [-0.2, -0.15) is 15.2 Å². The second-order valence-corrected chi connectivity index (χ2v) is 9.21. The molecule has 1 aliphatic heterocycles. The molecule has 31 heavy (non-hydrogen) atoms. The van der Waals surface area contributed by atoms with Gasteiger partial charge in [-0.1, -0.05) is 36.4 Å². The number of rotatable bonds is 4. The van der Waals surface area contributed by atoms with Crippen LogP contribution in [0.5, 0.6) is 0 Å². The van der Waals surface area contributed by atoms with E-state index < -0.39 is 0 Å². The summed E-state index contributed by atoms with van der Waals surface area (Å²) in [6, 6.07) is 13.8. The molecule has 1 saturated heterocycles. The van der Waals surface area contributed by atoms with Gasteiger partial charge in [-0.15, -0.1) is 11.3 Å². The third-order valence-electron chi connectivity index (χ3n) is 6.57. The number of benzene rings is 1. The predicted octanol–water partition coefficient (Wildman–Crippen LogP) is 4.13. The lowest BCUT2D eigenvalue weighted by molar-refractivity contribution is -0.140. The number of fused-ring (bicyclic) bond motifs is 1. The van der Waals surface area contributed by atoms with E-state index in [-0.39, 0.29) is 35.5 Å². The minimum absolute atomic E-state index is 0.161. The van der Waals surface area contributed by atoms with Gasteiger partial charge in [-0.05, 0) is 48.3 Å². The van der Waals surface area contributed by atoms with Crippen LogP contribution in [-0.4, -0.2) is 32.8 Å². The van der Waals surface area contributed by atoms with Crippen LogP contribution in [0.3, 0.4) is 0 Å². The lowest BCUT2D eigenvalue weighted by atomic mass is 9.63. The smallest absolute Gasteiger partial charge is 0.254 e. The summed E-state index contributed by atoms with van der Waals surface area (Å²) in [6.07, 6.45) is 9.68. The Balaban J connectivity index is 1.36. The summed E-state index contributed by atoms with van der Waals surface area (Å²) >= 11 is 1.59. The summed E-state index contributed by atoms with van der Waals surface area (Å²) in [4.78, 5) is 27.1. The van der Waals surface area contributed by atoms with Gasteiger partial charge in [0.05, 0.1) is 28.6 Å². The zero-order chi connectivity index (χ0) is 20.9. The molecule has 3 aromatic rings. The van der Waals surface area contributed by atoms with Crippen molar-refractivity contribution in [3.05, 3.63) is 71.8 Å². The van der Waals surface area contributed by atoms with Crippen molar-refractivity contribution in [3.8, 4) is 16.3 Å². The third-order valence-corrected chi connectivity index (χ3v) is 7.44. The van der Waals surface area contributed by atoms with E-state index in [0.717, 1.165) is 39.7 Å². The van der Waals surface area contributed by atoms with Gasteiger partial charge >= 0.3 is 0 Å². The summed E-state index contributed by atoms with van der Waals surface area (Å²) < 4.78 is 1.80. The fraction of sp³-hybridized carbons (Fsp3) is 0.250. The van der Waals surface area contributed by atoms with Gasteiger partial charge in [0.2, 0.25) is 0 Å². The van der Waals surface area contributed by atoms with Crippen LogP contribution >= 0.6 is 11.3 Å². The van der Waals surface area contributed by atoms with Crippen molar-refractivity contribution in [2.45, 2.75) is 12.8 Å². The van der Waals surface area contributed by atoms with E-state index in [9.17, 15) is 9.59 Å². The molecule has 2 aromatic heterocycles. The summed E-state index contributed by atoms with van der Waals surface area (Å²) in [5, 5.41) is 12.2. The predicted molar refractivity (Wildman–Crippen MR) is 119 cm³/mol. The van der Waals surface area contributed by atoms with Gasteiger partial charge in [0.15, 0.2) is 0 Å². The summed E-state index contributed by atoms with van der Waals surface area (Å²) in [7, 11) is 0. The number of aromatic nitrogens is 2. The number of hydrogen-bond acceptors (Lipinski definition) is 5. The second-order valence-electron chi connectivity index (χ2n) is 8.26. The first-order valence-corrected chi connectivity index (χ1v) is 11.4. The van der Waals surface area contributed by atoms with Crippen molar-refractivity contribution in [2.75, 3.05) is 0 Å². The van der Waals surface area contributed by atoms with Gasteiger partial charge in [0, 0.05) is 11.8 Å². The molecule has 0 unspecified atom stereocenters. The molecular formula is C24H20N4O2S. The molecule has 1 saturated carbocycles. The monoisotopic (exact) mass is 428 g/mol. The molecule has 7 heteroatoms. The molecule has 0 radical (unpaired) electrons. The average Bonchev–Trinajstić information content (AvgIpc) is 3.54. The van der Waals surface area contributed by atoms with Crippen LogP contribution in [-0.2, 0) is 9.59 Å². The molecule has 4 aliphatic rings. The number of amides is 2. The number of hydrazone groups is 1. The maximum absolute atomic E-state index is 13.0. The fourth-order valence-corrected chi connectivity index (χ4v) is 5.82. The van der Waals surface area contributed by atoms with Crippen molar-refractivity contribution in [3.63, 3.8) is 0 Å². The molecule has 0 spiro atoms. The van der Waals surface area contributed by atoms with Crippen molar-refractivity contribution >= 4 is 29.4 Å². The number of carbonyl (C=O) groups is 2. The van der Waals surface area contributed by atoms with Crippen LogP contribution in [0.4, 0.5) is 0 Å². The zero-order valence-corrected chi connectivity index (χ0v) is 17.5. The third kappa shape index (κ3) is 2.91. The van der Waals surface area contributed by atoms with E-state index >= 15 is 0 Å². The second kappa shape index (κ2) is 7.13. The SMILES string of the molecule is O=C1[C@@H]2[C@@H](C(=O)N1/N=C\c1cn(-c3ccccc3)nc1-c1cccs1)[C@@H]1C=C[C@@H]2CC1. The maximum Gasteiger partial charge on any atom is 0.254 e. The van der Waals surface area contributed by atoms with Crippen LogP contribution in [0, 0.1) is 23.7 Å². The topological polar surface area (TPSA) is 67.6 Å². The number of thiophene rings is 1. The molecule has 0 N–H and O–H groups in total. The number of nitrogens with zero attached hydrogens (tertiary/aromatic N) is 4. The number of carbonyl (C=O) groups excluding carboxylic acids is 2. The average molecular weight is 429 g/mol. The number of allylic oxidation sites excluding steroid dienone is 2. The number of imide groups is 1. The summed E-state index contributed by atoms with van der Waals surface area (Å²) in [6.45, 7) is 0. The van der Waals surface area contributed by atoms with Crippen LogP contribution in [0.1, 0.15) is 18.4 Å². The highest BCUT2D eigenvalue weighted by Gasteiger charge is 2.56. The molecule has 6 nitrogen and oxygen atoms in total. The van der Waals surface area contributed by atoms with Crippen molar-refractivity contribution in [1.29, 1.82) is 0 Å².